The monoisotopic (exact) mass is 332 g/mol. The van der Waals surface area contributed by atoms with E-state index in [1.807, 2.05) is 6.07 Å². The van der Waals surface area contributed by atoms with Crippen LogP contribution in [0.2, 0.25) is 0 Å². The Kier molecular flexibility index (Phi) is 8.98. The maximum atomic E-state index is 10.2. The number of hydrogen-bond donors (Lipinski definition) is 2. The zero-order valence-electron chi connectivity index (χ0n) is 12.8. The number of benzene rings is 1. The van der Waals surface area contributed by atoms with Crippen molar-refractivity contribution in [1.82, 2.24) is 10.2 Å². The summed E-state index contributed by atoms with van der Waals surface area (Å²) in [4.78, 5) is 2.44. The largest absolute Gasteiger partial charge is 0.508 e. The summed E-state index contributed by atoms with van der Waals surface area (Å²) in [5.74, 6) is 0.399. The quantitative estimate of drug-likeness (QED) is 0.829. The number of hydrogen-bond acceptors (Lipinski definition) is 3. The number of nitrogens with zero attached hydrogens (tertiary/aromatic N) is 1. The Bertz CT molecular complexity index is 460. The molecule has 0 aromatic heterocycles. The van der Waals surface area contributed by atoms with Crippen LogP contribution in [0.4, 0.5) is 0 Å². The van der Waals surface area contributed by atoms with Crippen LogP contribution in [0.15, 0.2) is 30.4 Å². The third-order valence-corrected chi connectivity index (χ3v) is 3.68. The number of halogens is 2. The number of aryl methyl sites for hydroxylation is 1. The van der Waals surface area contributed by atoms with Crippen LogP contribution in [-0.2, 0) is 0 Å². The summed E-state index contributed by atoms with van der Waals surface area (Å²) in [7, 11) is 0. The number of nitrogens with one attached hydrogen (secondary N) is 1. The van der Waals surface area contributed by atoms with Crippen molar-refractivity contribution in [3.05, 3.63) is 41.5 Å². The van der Waals surface area contributed by atoms with Gasteiger partial charge in [0.1, 0.15) is 5.75 Å². The normalized spacial score (nSPS) is 16.5. The van der Waals surface area contributed by atoms with Gasteiger partial charge in [-0.15, -0.1) is 31.4 Å². The molecule has 1 saturated heterocycles. The van der Waals surface area contributed by atoms with Crippen LogP contribution in [0.3, 0.4) is 0 Å². The number of aromatic hydroxyl groups is 1. The van der Waals surface area contributed by atoms with Gasteiger partial charge in [0, 0.05) is 37.8 Å². The fourth-order valence-electron chi connectivity index (χ4n) is 2.70. The van der Waals surface area contributed by atoms with Gasteiger partial charge >= 0.3 is 0 Å². The molecule has 1 heterocycles. The van der Waals surface area contributed by atoms with Crippen molar-refractivity contribution in [3.8, 4) is 5.75 Å². The third-order valence-electron chi connectivity index (χ3n) is 3.68. The average molecular weight is 333 g/mol. The molecule has 1 aromatic rings. The molecule has 21 heavy (non-hydrogen) atoms. The minimum Gasteiger partial charge on any atom is -0.508 e. The average Bonchev–Trinajstić information content (AvgIpc) is 2.40. The van der Waals surface area contributed by atoms with Crippen LogP contribution in [0, 0.1) is 6.92 Å². The lowest BCUT2D eigenvalue weighted by atomic mass is 9.95. The second-order valence-corrected chi connectivity index (χ2v) is 5.53. The van der Waals surface area contributed by atoms with Gasteiger partial charge in [-0.25, -0.2) is 0 Å². The lowest BCUT2D eigenvalue weighted by molar-refractivity contribution is 0.170. The molecule has 0 radical (unpaired) electrons. The predicted octanol–water partition coefficient (Wildman–Crippen LogP) is 3.46. The summed E-state index contributed by atoms with van der Waals surface area (Å²) in [6.45, 7) is 12.2. The topological polar surface area (TPSA) is 35.5 Å². The van der Waals surface area contributed by atoms with Gasteiger partial charge in [0.25, 0.3) is 0 Å². The first-order valence-corrected chi connectivity index (χ1v) is 6.96. The minimum atomic E-state index is 0. The molecule has 1 aliphatic rings. The molecule has 3 nitrogen and oxygen atoms in total. The summed E-state index contributed by atoms with van der Waals surface area (Å²) in [5.41, 5.74) is 3.38. The molecule has 0 unspecified atom stereocenters. The first-order valence-electron chi connectivity index (χ1n) is 6.96. The van der Waals surface area contributed by atoms with Gasteiger partial charge in [0.2, 0.25) is 0 Å². The first kappa shape index (κ1) is 20.3. The van der Waals surface area contributed by atoms with Crippen LogP contribution >= 0.6 is 24.8 Å². The first-order chi connectivity index (χ1) is 9.08. The molecule has 2 N–H and O–H groups in total. The predicted molar refractivity (Wildman–Crippen MR) is 94.0 cm³/mol. The van der Waals surface area contributed by atoms with Crippen molar-refractivity contribution in [2.24, 2.45) is 0 Å². The van der Waals surface area contributed by atoms with E-state index >= 15 is 0 Å². The highest BCUT2D eigenvalue weighted by Crippen LogP contribution is 2.33. The summed E-state index contributed by atoms with van der Waals surface area (Å²) in [5, 5.41) is 13.6. The maximum Gasteiger partial charge on any atom is 0.120 e. The fourth-order valence-corrected chi connectivity index (χ4v) is 2.70. The molecule has 1 fully saturated rings. The zero-order valence-corrected chi connectivity index (χ0v) is 14.4. The molecule has 5 heteroatoms. The van der Waals surface area contributed by atoms with E-state index in [4.69, 9.17) is 0 Å². The van der Waals surface area contributed by atoms with E-state index in [2.05, 4.69) is 36.7 Å². The Hall–Kier alpha value is -0.740. The summed E-state index contributed by atoms with van der Waals surface area (Å²) < 4.78 is 0. The smallest absolute Gasteiger partial charge is 0.120 e. The second kappa shape index (κ2) is 9.31. The molecule has 2 rings (SSSR count). The van der Waals surface area contributed by atoms with Gasteiger partial charge in [-0.3, -0.25) is 4.90 Å². The Labute approximate surface area is 140 Å². The van der Waals surface area contributed by atoms with E-state index in [1.165, 1.54) is 5.56 Å². The lowest BCUT2D eigenvalue weighted by Crippen LogP contribution is -2.45. The summed E-state index contributed by atoms with van der Waals surface area (Å²) in [6, 6.07) is 6.09. The number of phenols is 1. The Morgan fingerprint density at radius 2 is 1.95 bits per heavy atom. The number of rotatable bonds is 4. The standard InChI is InChI=1S/C16H24N2O.2ClH/c1-12(2)10-15(18-8-6-17-7-9-18)14-11-13(3)4-5-16(14)19;;/h4-5,11,15,17,19H,1,6-10H2,2-3H3;2*1H/t15-;;/m0../s1. The molecule has 0 amide bonds. The van der Waals surface area contributed by atoms with Crippen LogP contribution < -0.4 is 5.32 Å². The van der Waals surface area contributed by atoms with Gasteiger partial charge in [-0.2, -0.15) is 0 Å². The zero-order chi connectivity index (χ0) is 13.8. The van der Waals surface area contributed by atoms with Crippen LogP contribution in [0.5, 0.6) is 5.75 Å². The molecule has 1 aliphatic heterocycles. The lowest BCUT2D eigenvalue weighted by Gasteiger charge is -2.35. The van der Waals surface area contributed by atoms with E-state index in [9.17, 15) is 5.11 Å². The molecule has 120 valence electrons. The van der Waals surface area contributed by atoms with Gasteiger partial charge in [-0.05, 0) is 26.3 Å². The molecule has 0 bridgehead atoms. The van der Waals surface area contributed by atoms with Gasteiger partial charge in [0.15, 0.2) is 0 Å². The van der Waals surface area contributed by atoms with E-state index in [1.54, 1.807) is 6.07 Å². The van der Waals surface area contributed by atoms with E-state index in [0.29, 0.717) is 5.75 Å². The SMILES string of the molecule is C=C(C)C[C@@H](c1cc(C)ccc1O)N1CCNCC1.Cl.Cl. The van der Waals surface area contributed by atoms with Gasteiger partial charge < -0.3 is 10.4 Å². The van der Waals surface area contributed by atoms with E-state index < -0.39 is 0 Å². The van der Waals surface area contributed by atoms with Crippen LogP contribution in [0.1, 0.15) is 30.5 Å². The molecule has 0 spiro atoms. The molecule has 0 saturated carbocycles. The molecular weight excluding hydrogens is 307 g/mol. The van der Waals surface area contributed by atoms with Crippen molar-refractivity contribution < 1.29 is 5.11 Å². The highest BCUT2D eigenvalue weighted by atomic mass is 35.5. The molecule has 0 aliphatic carbocycles. The third kappa shape index (κ3) is 5.51. The number of piperazine rings is 1. The van der Waals surface area contributed by atoms with E-state index in [-0.39, 0.29) is 30.9 Å². The molecule has 1 atom stereocenters. The Morgan fingerprint density at radius 3 is 2.52 bits per heavy atom. The second-order valence-electron chi connectivity index (χ2n) is 5.53. The summed E-state index contributed by atoms with van der Waals surface area (Å²) in [6.07, 6.45) is 0.900. The Balaban J connectivity index is 0.00000200. The molecule has 1 aromatic carbocycles. The maximum absolute atomic E-state index is 10.2. The van der Waals surface area contributed by atoms with Crippen molar-refractivity contribution in [2.75, 3.05) is 26.2 Å². The van der Waals surface area contributed by atoms with Crippen molar-refractivity contribution in [3.63, 3.8) is 0 Å². The minimum absolute atomic E-state index is 0. The van der Waals surface area contributed by atoms with E-state index in [0.717, 1.165) is 43.7 Å². The Morgan fingerprint density at radius 1 is 1.33 bits per heavy atom. The fraction of sp³-hybridized carbons (Fsp3) is 0.500. The highest BCUT2D eigenvalue weighted by Gasteiger charge is 2.24. The van der Waals surface area contributed by atoms with Crippen molar-refractivity contribution in [2.45, 2.75) is 26.3 Å². The van der Waals surface area contributed by atoms with Crippen molar-refractivity contribution >= 4 is 24.8 Å². The highest BCUT2D eigenvalue weighted by molar-refractivity contribution is 5.85. The van der Waals surface area contributed by atoms with Crippen molar-refractivity contribution in [1.29, 1.82) is 0 Å². The number of phenolic OH excluding ortho intramolecular Hbond substituents is 1. The van der Waals surface area contributed by atoms with Gasteiger partial charge in [0.05, 0.1) is 0 Å². The van der Waals surface area contributed by atoms with Gasteiger partial charge in [-0.1, -0.05) is 23.3 Å². The molecular formula is C16H26Cl2N2O. The summed E-state index contributed by atoms with van der Waals surface area (Å²) >= 11 is 0. The van der Waals surface area contributed by atoms with Crippen LogP contribution in [0.25, 0.3) is 0 Å². The van der Waals surface area contributed by atoms with Crippen LogP contribution in [-0.4, -0.2) is 36.2 Å².